The Morgan fingerprint density at radius 1 is 0.833 bits per heavy atom. The molecule has 6 rings (SSSR count). The minimum Gasteiger partial charge on any atom is -0.400 e. The average molecular weight is 477 g/mol. The maximum Gasteiger partial charge on any atom is 0.490 e. The molecule has 0 amide bonds. The van der Waals surface area contributed by atoms with Crippen molar-refractivity contribution in [1.29, 1.82) is 0 Å². The first-order valence-electron chi connectivity index (χ1n) is 13.1. The monoisotopic (exact) mass is 477 g/mol. The smallest absolute Gasteiger partial charge is 0.400 e. The minimum atomic E-state index is -0.347. The molecule has 0 N–H and O–H groups in total. The molecule has 1 saturated heterocycles. The summed E-state index contributed by atoms with van der Waals surface area (Å²) in [4.78, 5) is 2.53. The number of allylic oxidation sites excluding steroid dienone is 2. The van der Waals surface area contributed by atoms with Crippen molar-refractivity contribution in [3.05, 3.63) is 89.4 Å². The Labute approximate surface area is 215 Å². The van der Waals surface area contributed by atoms with Gasteiger partial charge in [-0.25, -0.2) is 0 Å². The fraction of sp³-hybridized carbons (Fsp3) is 0.375. The van der Waals surface area contributed by atoms with Gasteiger partial charge in [-0.3, -0.25) is 0 Å². The fourth-order valence-electron chi connectivity index (χ4n) is 5.73. The number of anilines is 2. The molecule has 0 aromatic heterocycles. The summed E-state index contributed by atoms with van der Waals surface area (Å²) in [6.07, 6.45) is 5.42. The Hall–Kier alpha value is -2.82. The van der Waals surface area contributed by atoms with E-state index in [9.17, 15) is 0 Å². The molecular weight excluding hydrogens is 441 g/mol. The molecule has 3 nitrogen and oxygen atoms in total. The Morgan fingerprint density at radius 2 is 1.50 bits per heavy atom. The Balaban J connectivity index is 1.46. The standard InChI is InChI=1S/C32H36BNO2/c1-30(2,3)22-13-16-24(17-14-22)34-27-19-12-21-10-8-9-11-25(21)29(27)26-18-15-23(20-28(26)34)33-35-31(4,5)32(6,7)36-33/h8-19,28H,20H2,1-7H3. The molecule has 2 heterocycles. The molecule has 0 saturated carbocycles. The van der Waals surface area contributed by atoms with Gasteiger partial charge in [0.1, 0.15) is 0 Å². The third kappa shape index (κ3) is 3.57. The molecule has 3 aromatic rings. The van der Waals surface area contributed by atoms with Gasteiger partial charge in [-0.1, -0.05) is 75.4 Å². The molecule has 0 bridgehead atoms. The first kappa shape index (κ1) is 23.6. The van der Waals surface area contributed by atoms with E-state index in [1.807, 2.05) is 0 Å². The number of rotatable bonds is 2. The van der Waals surface area contributed by atoms with Crippen molar-refractivity contribution in [3.63, 3.8) is 0 Å². The van der Waals surface area contributed by atoms with E-state index in [4.69, 9.17) is 9.31 Å². The molecule has 2 aliphatic heterocycles. The van der Waals surface area contributed by atoms with Crippen molar-refractivity contribution < 1.29 is 9.31 Å². The van der Waals surface area contributed by atoms with Gasteiger partial charge in [-0.15, -0.1) is 0 Å². The Bertz CT molecular complexity index is 1390. The van der Waals surface area contributed by atoms with Crippen LogP contribution < -0.4 is 4.90 Å². The van der Waals surface area contributed by atoms with E-state index in [1.54, 1.807) is 0 Å². The summed E-state index contributed by atoms with van der Waals surface area (Å²) in [6, 6.07) is 22.6. The van der Waals surface area contributed by atoms with E-state index < -0.39 is 0 Å². The van der Waals surface area contributed by atoms with Crippen LogP contribution in [0, 0.1) is 0 Å². The molecule has 1 unspecified atom stereocenters. The predicted molar refractivity (Wildman–Crippen MR) is 152 cm³/mol. The molecular formula is C32H36BNO2. The van der Waals surface area contributed by atoms with Crippen molar-refractivity contribution in [2.75, 3.05) is 4.90 Å². The maximum absolute atomic E-state index is 6.46. The second-order valence-corrected chi connectivity index (χ2v) is 12.5. The highest BCUT2D eigenvalue weighted by molar-refractivity contribution is 6.55. The second-order valence-electron chi connectivity index (χ2n) is 12.5. The highest BCUT2D eigenvalue weighted by atomic mass is 16.7. The zero-order valence-electron chi connectivity index (χ0n) is 22.6. The minimum absolute atomic E-state index is 0.125. The lowest BCUT2D eigenvalue weighted by Gasteiger charge is -2.32. The molecule has 0 radical (unpaired) electrons. The first-order valence-corrected chi connectivity index (χ1v) is 13.1. The topological polar surface area (TPSA) is 21.7 Å². The van der Waals surface area contributed by atoms with Gasteiger partial charge in [0.25, 0.3) is 0 Å². The molecule has 184 valence electrons. The van der Waals surface area contributed by atoms with Crippen molar-refractivity contribution in [2.45, 2.75) is 77.5 Å². The number of fused-ring (bicyclic) bond motifs is 5. The molecule has 3 aromatic carbocycles. The van der Waals surface area contributed by atoms with Crippen LogP contribution in [0.1, 0.15) is 66.0 Å². The summed E-state index contributed by atoms with van der Waals surface area (Å²) in [6.45, 7) is 15.3. The van der Waals surface area contributed by atoms with Gasteiger partial charge in [0.05, 0.1) is 17.2 Å². The van der Waals surface area contributed by atoms with E-state index in [1.165, 1.54) is 44.3 Å². The predicted octanol–water partition coefficient (Wildman–Crippen LogP) is 8.00. The average Bonchev–Trinajstić information content (AvgIpc) is 3.28. The Morgan fingerprint density at radius 3 is 2.17 bits per heavy atom. The summed E-state index contributed by atoms with van der Waals surface area (Å²) in [5.74, 6) is 0. The van der Waals surface area contributed by atoms with Gasteiger partial charge in [0.15, 0.2) is 0 Å². The highest BCUT2D eigenvalue weighted by Crippen LogP contribution is 2.52. The molecule has 1 atom stereocenters. The van der Waals surface area contributed by atoms with E-state index in [0.717, 1.165) is 6.42 Å². The van der Waals surface area contributed by atoms with E-state index >= 15 is 0 Å². The van der Waals surface area contributed by atoms with Crippen LogP contribution in [0.5, 0.6) is 0 Å². The summed E-state index contributed by atoms with van der Waals surface area (Å²) in [5.41, 5.74) is 7.21. The molecule has 4 heteroatoms. The number of benzene rings is 3. The van der Waals surface area contributed by atoms with Crippen molar-refractivity contribution in [2.24, 2.45) is 0 Å². The van der Waals surface area contributed by atoms with Crippen molar-refractivity contribution >= 4 is 34.8 Å². The summed E-state index contributed by atoms with van der Waals surface area (Å²) < 4.78 is 12.9. The third-order valence-electron chi connectivity index (χ3n) is 8.60. The Kier molecular flexibility index (Phi) is 5.13. The molecule has 1 fully saturated rings. The lowest BCUT2D eigenvalue weighted by atomic mass is 9.71. The summed E-state index contributed by atoms with van der Waals surface area (Å²) in [7, 11) is -0.321. The van der Waals surface area contributed by atoms with Gasteiger partial charge in [-0.2, -0.15) is 0 Å². The van der Waals surface area contributed by atoms with Gasteiger partial charge >= 0.3 is 7.12 Å². The van der Waals surface area contributed by atoms with Crippen molar-refractivity contribution in [1.82, 2.24) is 0 Å². The highest BCUT2D eigenvalue weighted by Gasteiger charge is 2.53. The van der Waals surface area contributed by atoms with Crippen LogP contribution in [-0.4, -0.2) is 24.4 Å². The lowest BCUT2D eigenvalue weighted by Crippen LogP contribution is -2.41. The SMILES string of the molecule is CC(C)(C)c1ccc(N2c3ccc4ccccc4c3C3=CC=C(B4OC(C)(C)C(C)(C)O4)CC32)cc1. The lowest BCUT2D eigenvalue weighted by molar-refractivity contribution is 0.00578. The van der Waals surface area contributed by atoms with Crippen LogP contribution in [0.3, 0.4) is 0 Å². The van der Waals surface area contributed by atoms with E-state index in [2.05, 4.69) is 126 Å². The van der Waals surface area contributed by atoms with Crippen LogP contribution in [0.15, 0.2) is 78.3 Å². The quantitative estimate of drug-likeness (QED) is 0.349. The first-order chi connectivity index (χ1) is 17.0. The van der Waals surface area contributed by atoms with Crippen LogP contribution in [0.2, 0.25) is 0 Å². The zero-order chi connectivity index (χ0) is 25.5. The van der Waals surface area contributed by atoms with Gasteiger partial charge in [0.2, 0.25) is 0 Å². The van der Waals surface area contributed by atoms with Crippen LogP contribution in [-0.2, 0) is 14.7 Å². The number of hydrogen-bond donors (Lipinski definition) is 0. The number of nitrogens with zero attached hydrogens (tertiary/aromatic N) is 1. The number of hydrogen-bond acceptors (Lipinski definition) is 3. The normalized spacial score (nSPS) is 22.4. The third-order valence-corrected chi connectivity index (χ3v) is 8.60. The molecule has 3 aliphatic rings. The summed E-state index contributed by atoms with van der Waals surface area (Å²) >= 11 is 0. The molecule has 36 heavy (non-hydrogen) atoms. The molecule has 0 spiro atoms. The van der Waals surface area contributed by atoms with Crippen LogP contribution in [0.25, 0.3) is 16.3 Å². The summed E-state index contributed by atoms with van der Waals surface area (Å²) in [5, 5.41) is 2.59. The van der Waals surface area contributed by atoms with Crippen molar-refractivity contribution in [3.8, 4) is 0 Å². The van der Waals surface area contributed by atoms with Crippen LogP contribution >= 0.6 is 0 Å². The van der Waals surface area contributed by atoms with E-state index in [0.29, 0.717) is 0 Å². The second kappa shape index (κ2) is 7.84. The largest absolute Gasteiger partial charge is 0.490 e. The van der Waals surface area contributed by atoms with Crippen LogP contribution in [0.4, 0.5) is 11.4 Å². The molecule has 1 aliphatic carbocycles. The van der Waals surface area contributed by atoms with Gasteiger partial charge < -0.3 is 14.2 Å². The van der Waals surface area contributed by atoms with Gasteiger partial charge in [-0.05, 0) is 85.1 Å². The fourth-order valence-corrected chi connectivity index (χ4v) is 5.73. The zero-order valence-corrected chi connectivity index (χ0v) is 22.6. The van der Waals surface area contributed by atoms with Gasteiger partial charge in [0, 0.05) is 16.9 Å². The van der Waals surface area contributed by atoms with E-state index in [-0.39, 0.29) is 29.8 Å². The maximum atomic E-state index is 6.46.